The van der Waals surface area contributed by atoms with Gasteiger partial charge in [0.25, 0.3) is 5.91 Å². The molecule has 126 valence electrons. The molecule has 0 bridgehead atoms. The molecule has 6 heteroatoms. The Bertz CT molecular complexity index is 682. The summed E-state index contributed by atoms with van der Waals surface area (Å²) in [6.45, 7) is 1.69. The van der Waals surface area contributed by atoms with Crippen molar-refractivity contribution < 1.29 is 14.8 Å². The zero-order valence-electron chi connectivity index (χ0n) is 13.4. The number of rotatable bonds is 3. The first-order valence-corrected chi connectivity index (χ1v) is 8.08. The summed E-state index contributed by atoms with van der Waals surface area (Å²) in [6.07, 6.45) is 5.16. The summed E-state index contributed by atoms with van der Waals surface area (Å²) in [4.78, 5) is 25.7. The fourth-order valence-corrected chi connectivity index (χ4v) is 3.09. The quantitative estimate of drug-likeness (QED) is 0.586. The standard InChI is InChI=1S/C18H21N3O3/c22-17(20-24)15-6-7-16-12-21(9-8-14(16)10-15)18(23)19-11-13-4-2-1-3-5-13/h1-5,7,10,15,24H,6,8-9,11-12H2,(H,19,23)(H,20,22). The zero-order chi connectivity index (χ0) is 16.9. The Morgan fingerprint density at radius 2 is 2.00 bits per heavy atom. The molecule has 0 saturated carbocycles. The molecule has 1 aliphatic heterocycles. The third-order valence-corrected chi connectivity index (χ3v) is 4.47. The van der Waals surface area contributed by atoms with Crippen molar-refractivity contribution in [1.82, 2.24) is 15.7 Å². The molecule has 3 rings (SSSR count). The largest absolute Gasteiger partial charge is 0.334 e. The number of hydroxylamine groups is 1. The summed E-state index contributed by atoms with van der Waals surface area (Å²) in [5, 5.41) is 11.7. The van der Waals surface area contributed by atoms with Crippen LogP contribution in [0.15, 0.2) is 53.6 Å². The predicted octanol–water partition coefficient (Wildman–Crippen LogP) is 1.98. The van der Waals surface area contributed by atoms with Gasteiger partial charge >= 0.3 is 6.03 Å². The van der Waals surface area contributed by atoms with E-state index in [1.54, 1.807) is 10.4 Å². The van der Waals surface area contributed by atoms with Crippen LogP contribution in [0.25, 0.3) is 0 Å². The Kier molecular flexibility index (Phi) is 4.96. The summed E-state index contributed by atoms with van der Waals surface area (Å²) < 4.78 is 0. The molecule has 2 aliphatic rings. The molecule has 0 radical (unpaired) electrons. The molecule has 1 heterocycles. The molecule has 24 heavy (non-hydrogen) atoms. The van der Waals surface area contributed by atoms with Crippen molar-refractivity contribution in [3.63, 3.8) is 0 Å². The smallest absolute Gasteiger partial charge is 0.317 e. The molecule has 1 aromatic rings. The van der Waals surface area contributed by atoms with Crippen LogP contribution in [0, 0.1) is 5.92 Å². The van der Waals surface area contributed by atoms with Gasteiger partial charge in [-0.25, -0.2) is 10.3 Å². The van der Waals surface area contributed by atoms with Crippen molar-refractivity contribution in [3.8, 4) is 0 Å². The van der Waals surface area contributed by atoms with Crippen LogP contribution in [-0.2, 0) is 11.3 Å². The molecule has 3 amide bonds. The number of carbonyl (C=O) groups is 2. The molecule has 1 fully saturated rings. The number of urea groups is 1. The minimum Gasteiger partial charge on any atom is -0.334 e. The van der Waals surface area contributed by atoms with Gasteiger partial charge in [0.05, 0.1) is 5.92 Å². The number of amides is 3. The van der Waals surface area contributed by atoms with Crippen LogP contribution in [0.4, 0.5) is 4.79 Å². The molecule has 6 nitrogen and oxygen atoms in total. The second-order valence-corrected chi connectivity index (χ2v) is 6.06. The number of piperidine rings is 1. The first-order valence-electron chi connectivity index (χ1n) is 8.08. The third-order valence-electron chi connectivity index (χ3n) is 4.47. The molecule has 1 aliphatic carbocycles. The monoisotopic (exact) mass is 327 g/mol. The average Bonchev–Trinajstić information content (AvgIpc) is 2.65. The second-order valence-electron chi connectivity index (χ2n) is 6.06. The van der Waals surface area contributed by atoms with E-state index in [9.17, 15) is 9.59 Å². The summed E-state index contributed by atoms with van der Waals surface area (Å²) in [5.74, 6) is -0.715. The van der Waals surface area contributed by atoms with Gasteiger partial charge in [-0.05, 0) is 29.6 Å². The van der Waals surface area contributed by atoms with E-state index in [2.05, 4.69) is 5.32 Å². The fraction of sp³-hybridized carbons (Fsp3) is 0.333. The normalized spacial score (nSPS) is 19.7. The molecule has 0 spiro atoms. The van der Waals surface area contributed by atoms with E-state index in [0.717, 1.165) is 23.1 Å². The maximum Gasteiger partial charge on any atom is 0.317 e. The van der Waals surface area contributed by atoms with Crippen molar-refractivity contribution in [1.29, 1.82) is 0 Å². The van der Waals surface area contributed by atoms with Crippen LogP contribution < -0.4 is 10.8 Å². The minimum atomic E-state index is -0.388. The fourth-order valence-electron chi connectivity index (χ4n) is 3.09. The Balaban J connectivity index is 1.56. The number of benzene rings is 1. The lowest BCUT2D eigenvalue weighted by Crippen LogP contribution is -2.44. The van der Waals surface area contributed by atoms with Crippen LogP contribution in [0.3, 0.4) is 0 Å². The van der Waals surface area contributed by atoms with Crippen LogP contribution in [0.1, 0.15) is 18.4 Å². The highest BCUT2D eigenvalue weighted by molar-refractivity contribution is 5.80. The van der Waals surface area contributed by atoms with Crippen molar-refractivity contribution in [2.45, 2.75) is 19.4 Å². The van der Waals surface area contributed by atoms with E-state index < -0.39 is 0 Å². The number of hydrogen-bond donors (Lipinski definition) is 3. The number of allylic oxidation sites excluding steroid dienone is 1. The van der Waals surface area contributed by atoms with Crippen molar-refractivity contribution >= 4 is 11.9 Å². The number of nitrogens with zero attached hydrogens (tertiary/aromatic N) is 1. The van der Waals surface area contributed by atoms with Gasteiger partial charge in [0.2, 0.25) is 0 Å². The molecule has 1 unspecified atom stereocenters. The Morgan fingerprint density at radius 1 is 1.21 bits per heavy atom. The molecule has 1 aromatic carbocycles. The minimum absolute atomic E-state index is 0.0750. The molecule has 3 N–H and O–H groups in total. The number of likely N-dealkylation sites (tertiary alicyclic amines) is 1. The average molecular weight is 327 g/mol. The predicted molar refractivity (Wildman–Crippen MR) is 89.1 cm³/mol. The van der Waals surface area contributed by atoms with Gasteiger partial charge in [-0.2, -0.15) is 0 Å². The molecule has 1 atom stereocenters. The SMILES string of the molecule is O=C(NO)C1C=C2CCN(C(=O)NCc3ccccc3)CC2=CC1. The summed E-state index contributed by atoms with van der Waals surface area (Å²) in [7, 11) is 0. The number of fused-ring (bicyclic) bond motifs is 1. The van der Waals surface area contributed by atoms with Gasteiger partial charge in [0.1, 0.15) is 0 Å². The molecular weight excluding hydrogens is 306 g/mol. The highest BCUT2D eigenvalue weighted by Crippen LogP contribution is 2.29. The van der Waals surface area contributed by atoms with Crippen molar-refractivity contribution in [2.75, 3.05) is 13.1 Å². The summed E-state index contributed by atoms with van der Waals surface area (Å²) >= 11 is 0. The van der Waals surface area contributed by atoms with Gasteiger partial charge in [0.15, 0.2) is 0 Å². The highest BCUT2D eigenvalue weighted by Gasteiger charge is 2.27. The maximum absolute atomic E-state index is 12.3. The lowest BCUT2D eigenvalue weighted by atomic mass is 9.86. The van der Waals surface area contributed by atoms with E-state index >= 15 is 0 Å². The molecular formula is C18H21N3O3. The van der Waals surface area contributed by atoms with Crippen molar-refractivity contribution in [2.24, 2.45) is 5.92 Å². The lowest BCUT2D eigenvalue weighted by molar-refractivity contribution is -0.131. The summed E-state index contributed by atoms with van der Waals surface area (Å²) in [5.41, 5.74) is 4.96. The highest BCUT2D eigenvalue weighted by atomic mass is 16.5. The molecule has 0 aromatic heterocycles. The Morgan fingerprint density at radius 3 is 2.75 bits per heavy atom. The third kappa shape index (κ3) is 3.65. The van der Waals surface area contributed by atoms with Crippen LogP contribution >= 0.6 is 0 Å². The van der Waals surface area contributed by atoms with E-state index in [1.165, 1.54) is 0 Å². The summed E-state index contributed by atoms with van der Waals surface area (Å²) in [6, 6.07) is 9.73. The maximum atomic E-state index is 12.3. The number of nitrogens with one attached hydrogen (secondary N) is 2. The Hall–Kier alpha value is -2.60. The second kappa shape index (κ2) is 7.31. The van der Waals surface area contributed by atoms with Crippen LogP contribution in [0.5, 0.6) is 0 Å². The van der Waals surface area contributed by atoms with Gasteiger partial charge in [-0.1, -0.05) is 42.5 Å². The van der Waals surface area contributed by atoms with Crippen molar-refractivity contribution in [3.05, 3.63) is 59.2 Å². The van der Waals surface area contributed by atoms with E-state index in [1.807, 2.05) is 42.5 Å². The molecule has 1 saturated heterocycles. The zero-order valence-corrected chi connectivity index (χ0v) is 13.4. The van der Waals surface area contributed by atoms with E-state index in [4.69, 9.17) is 5.21 Å². The lowest BCUT2D eigenvalue weighted by Gasteiger charge is -2.33. The van der Waals surface area contributed by atoms with Gasteiger partial charge in [-0.3, -0.25) is 10.0 Å². The Labute approximate surface area is 140 Å². The van der Waals surface area contributed by atoms with Gasteiger partial charge in [0, 0.05) is 19.6 Å². The van der Waals surface area contributed by atoms with Gasteiger partial charge in [-0.15, -0.1) is 0 Å². The first-order chi connectivity index (χ1) is 11.7. The van der Waals surface area contributed by atoms with Crippen LogP contribution in [-0.4, -0.2) is 35.1 Å². The first kappa shape index (κ1) is 16.3. The van der Waals surface area contributed by atoms with Gasteiger partial charge < -0.3 is 10.2 Å². The van der Waals surface area contributed by atoms with Crippen LogP contribution in [0.2, 0.25) is 0 Å². The topological polar surface area (TPSA) is 81.7 Å². The number of carbonyl (C=O) groups excluding carboxylic acids is 2. The van der Waals surface area contributed by atoms with E-state index in [-0.39, 0.29) is 17.9 Å². The van der Waals surface area contributed by atoms with E-state index in [0.29, 0.717) is 26.1 Å². The number of hydrogen-bond acceptors (Lipinski definition) is 3.